The van der Waals surface area contributed by atoms with Gasteiger partial charge >= 0.3 is 0 Å². The Labute approximate surface area is 219 Å². The van der Waals surface area contributed by atoms with E-state index in [0.717, 1.165) is 24.0 Å². The molecule has 1 aromatic rings. The Balaban J connectivity index is 2.11. The van der Waals surface area contributed by atoms with Crippen molar-refractivity contribution in [2.75, 3.05) is 26.2 Å². The fourth-order valence-corrected chi connectivity index (χ4v) is 4.10. The predicted molar refractivity (Wildman–Crippen MR) is 131 cm³/mol. The maximum absolute atomic E-state index is 13.5. The molecule has 1 aliphatic rings. The molecule has 2 rings (SSSR count). The van der Waals surface area contributed by atoms with Crippen LogP contribution in [0, 0.1) is 11.7 Å². The number of likely N-dealkylation sites (tertiary alicyclic amines) is 1. The van der Waals surface area contributed by atoms with Crippen molar-refractivity contribution in [2.45, 2.75) is 34.5 Å². The van der Waals surface area contributed by atoms with Gasteiger partial charge in [0.1, 0.15) is 42.9 Å². The van der Waals surface area contributed by atoms with Gasteiger partial charge in [-0.3, -0.25) is 14.5 Å². The van der Waals surface area contributed by atoms with E-state index in [2.05, 4.69) is 5.32 Å². The van der Waals surface area contributed by atoms with Gasteiger partial charge in [0.15, 0.2) is 7.85 Å². The summed E-state index contributed by atoms with van der Waals surface area (Å²) in [7, 11) is 27.7. The van der Waals surface area contributed by atoms with Gasteiger partial charge in [0.05, 0.1) is 12.1 Å². The molecule has 184 valence electrons. The third-order valence-corrected chi connectivity index (χ3v) is 6.26. The Morgan fingerprint density at radius 1 is 1.14 bits per heavy atom. The van der Waals surface area contributed by atoms with Gasteiger partial charge in [-0.05, 0) is 25.1 Å². The minimum Gasteiger partial charge on any atom is -0.407 e. The minimum absolute atomic E-state index is 0.0227. The highest BCUT2D eigenvalue weighted by Gasteiger charge is 2.53. The third kappa shape index (κ3) is 6.86. The van der Waals surface area contributed by atoms with Gasteiger partial charge in [0, 0.05) is 52.5 Å². The first kappa shape index (κ1) is 30.7. The Morgan fingerprint density at radius 3 is 2.11 bits per heavy atom. The maximum Gasteiger partial charge on any atom is 0.251 e. The standard InChI is InChI=1S/C19H22B5ClFN3O7/c1-15(18(22,23)34,19(24,35)36)28-13(30)6-29-7-16(20,32)12(17(21,33)8-29)5-27-14(31)9-2-10(25)4-11(26)3-9/h2-4,12,32-36H,5-8H2,1H3,(H,27,31)(H,28,30). The summed E-state index contributed by atoms with van der Waals surface area (Å²) in [5.41, 5.74) is -10.5. The molecule has 0 spiro atoms. The van der Waals surface area contributed by atoms with Gasteiger partial charge in [0.2, 0.25) is 5.91 Å². The van der Waals surface area contributed by atoms with Crippen LogP contribution in [-0.4, -0.2) is 135 Å². The quantitative estimate of drug-likeness (QED) is 0.135. The van der Waals surface area contributed by atoms with Crippen molar-refractivity contribution in [1.29, 1.82) is 0 Å². The van der Waals surface area contributed by atoms with Crippen LogP contribution in [-0.2, 0) is 4.79 Å². The first-order valence-electron chi connectivity index (χ1n) is 10.4. The van der Waals surface area contributed by atoms with Crippen molar-refractivity contribution >= 4 is 62.6 Å². The summed E-state index contributed by atoms with van der Waals surface area (Å²) in [5.74, 6) is -3.91. The molecule has 17 heteroatoms. The van der Waals surface area contributed by atoms with Crippen molar-refractivity contribution < 1.29 is 39.5 Å². The van der Waals surface area contributed by atoms with Gasteiger partial charge in [-0.1, -0.05) is 11.6 Å². The molecule has 0 bridgehead atoms. The topological polar surface area (TPSA) is 163 Å². The molecule has 0 aromatic heterocycles. The molecule has 0 saturated carbocycles. The zero-order valence-electron chi connectivity index (χ0n) is 19.3. The van der Waals surface area contributed by atoms with E-state index in [9.17, 15) is 39.5 Å². The van der Waals surface area contributed by atoms with E-state index in [1.807, 2.05) is 5.32 Å². The fraction of sp³-hybridized carbons (Fsp3) is 0.579. The highest BCUT2D eigenvalue weighted by atomic mass is 35.5. The molecule has 3 unspecified atom stereocenters. The van der Waals surface area contributed by atoms with Gasteiger partial charge in [-0.2, -0.15) is 0 Å². The van der Waals surface area contributed by atoms with Crippen molar-refractivity contribution in [3.8, 4) is 0 Å². The highest BCUT2D eigenvalue weighted by Crippen LogP contribution is 2.32. The lowest BCUT2D eigenvalue weighted by atomic mass is 9.50. The third-order valence-electron chi connectivity index (χ3n) is 6.05. The van der Waals surface area contributed by atoms with Crippen LogP contribution in [0.5, 0.6) is 0 Å². The number of hydrogen-bond acceptors (Lipinski definition) is 8. The van der Waals surface area contributed by atoms with Gasteiger partial charge < -0.3 is 36.2 Å². The van der Waals surface area contributed by atoms with Crippen molar-refractivity contribution in [3.05, 3.63) is 34.6 Å². The second-order valence-electron chi connectivity index (χ2n) is 9.27. The molecule has 10 nitrogen and oxygen atoms in total. The summed E-state index contributed by atoms with van der Waals surface area (Å²) in [6.07, 6.45) is 0. The number of carbonyl (C=O) groups excluding carboxylic acids is 2. The molecule has 1 fully saturated rings. The Bertz CT molecular complexity index is 954. The van der Waals surface area contributed by atoms with E-state index >= 15 is 0 Å². The molecular formula is C19H22B5ClFN3O7. The number of β-amino-alcohol motifs (C(OH)–C–C–N with tert-alkyl or cyclic N) is 2. The smallest absolute Gasteiger partial charge is 0.251 e. The van der Waals surface area contributed by atoms with Crippen LogP contribution in [0.15, 0.2) is 18.2 Å². The summed E-state index contributed by atoms with van der Waals surface area (Å²) in [6, 6.07) is 3.13. The number of halogens is 2. The number of amides is 2. The Kier molecular flexibility index (Phi) is 8.80. The molecule has 1 heterocycles. The summed E-state index contributed by atoms with van der Waals surface area (Å²) < 4.78 is 13.5. The first-order chi connectivity index (χ1) is 16.1. The number of carbonyl (C=O) groups is 2. The average Bonchev–Trinajstić information content (AvgIpc) is 2.63. The van der Waals surface area contributed by atoms with Gasteiger partial charge in [0.25, 0.3) is 5.91 Å². The number of nitrogens with zero attached hydrogens (tertiary/aromatic N) is 1. The Hall–Kier alpha value is -1.54. The molecule has 36 heavy (non-hydrogen) atoms. The molecular weight excluding hydrogens is 491 g/mol. The number of hydrogen-bond donors (Lipinski definition) is 7. The zero-order valence-corrected chi connectivity index (χ0v) is 20.0. The van der Waals surface area contributed by atoms with Crippen molar-refractivity contribution in [3.63, 3.8) is 0 Å². The normalized spacial score (nSPS) is 27.2. The maximum atomic E-state index is 13.5. The summed E-state index contributed by atoms with van der Waals surface area (Å²) in [4.78, 5) is 26.0. The summed E-state index contributed by atoms with van der Waals surface area (Å²) in [5, 5.41) is 52.4. The molecule has 1 saturated heterocycles. The summed E-state index contributed by atoms with van der Waals surface area (Å²) in [6.45, 7) is -1.13. The summed E-state index contributed by atoms with van der Waals surface area (Å²) >= 11 is 5.74. The minimum atomic E-state index is -3.26. The Morgan fingerprint density at radius 2 is 1.67 bits per heavy atom. The monoisotopic (exact) mass is 513 g/mol. The van der Waals surface area contributed by atoms with Crippen molar-refractivity contribution in [1.82, 2.24) is 15.5 Å². The van der Waals surface area contributed by atoms with E-state index in [-0.39, 0.29) is 10.6 Å². The van der Waals surface area contributed by atoms with E-state index < -0.39 is 77.4 Å². The largest absolute Gasteiger partial charge is 0.407 e. The molecule has 10 radical (unpaired) electrons. The zero-order chi connectivity index (χ0) is 27.9. The van der Waals surface area contributed by atoms with Gasteiger partial charge in [-0.15, -0.1) is 0 Å². The van der Waals surface area contributed by atoms with Crippen LogP contribution >= 0.6 is 11.6 Å². The van der Waals surface area contributed by atoms with E-state index in [4.69, 9.17) is 50.8 Å². The lowest BCUT2D eigenvalue weighted by Gasteiger charge is -2.52. The van der Waals surface area contributed by atoms with Crippen LogP contribution in [0.3, 0.4) is 0 Å². The average molecular weight is 513 g/mol. The van der Waals surface area contributed by atoms with Crippen LogP contribution in [0.4, 0.5) is 4.39 Å². The first-order valence-corrected chi connectivity index (χ1v) is 10.8. The highest BCUT2D eigenvalue weighted by molar-refractivity contribution is 6.40. The predicted octanol–water partition coefficient (Wildman–Crippen LogP) is -4.48. The van der Waals surface area contributed by atoms with E-state index in [0.29, 0.717) is 0 Å². The molecule has 1 aromatic carbocycles. The number of aliphatic hydroxyl groups is 5. The lowest BCUT2D eigenvalue weighted by Crippen LogP contribution is -2.76. The lowest BCUT2D eigenvalue weighted by molar-refractivity contribution is -0.177. The van der Waals surface area contributed by atoms with Crippen LogP contribution in [0.1, 0.15) is 17.3 Å². The molecule has 2 amide bonds. The van der Waals surface area contributed by atoms with Crippen LogP contribution in [0.25, 0.3) is 0 Å². The second-order valence-corrected chi connectivity index (χ2v) is 9.71. The second kappa shape index (κ2) is 10.3. The number of benzene rings is 1. The van der Waals surface area contributed by atoms with Gasteiger partial charge in [-0.25, -0.2) is 4.39 Å². The fourth-order valence-electron chi connectivity index (χ4n) is 3.88. The number of rotatable bonds is 8. The SMILES string of the molecule is [B]C1(O)CN(CC(=O)NC(C)(C([B])([B])O)C([B])(O)O)CC([B])(O)C1CNC(=O)c1cc(F)cc(Cl)c1. The molecule has 1 aliphatic heterocycles. The van der Waals surface area contributed by atoms with Crippen LogP contribution in [0.2, 0.25) is 5.02 Å². The number of nitrogens with one attached hydrogen (secondary N) is 2. The van der Waals surface area contributed by atoms with Crippen molar-refractivity contribution in [2.24, 2.45) is 5.92 Å². The van der Waals surface area contributed by atoms with Crippen LogP contribution < -0.4 is 10.6 Å². The van der Waals surface area contributed by atoms with E-state index in [1.54, 1.807) is 0 Å². The molecule has 0 aliphatic carbocycles. The molecule has 7 N–H and O–H groups in total. The number of piperidine rings is 1. The molecule has 3 atom stereocenters. The van der Waals surface area contributed by atoms with E-state index in [1.165, 1.54) is 6.07 Å².